The van der Waals surface area contributed by atoms with Crippen molar-refractivity contribution < 1.29 is 13.2 Å². The number of nitrogens with one attached hydrogen (secondary N) is 2. The van der Waals surface area contributed by atoms with E-state index in [-0.39, 0.29) is 18.2 Å². The molecule has 10 nitrogen and oxygen atoms in total. The third-order valence-corrected chi connectivity index (χ3v) is 6.63. The zero-order chi connectivity index (χ0) is 21.3. The number of carbonyl (C=O) groups is 1. The molecule has 2 N–H and O–H groups in total. The molecule has 4 rings (SSSR count). The minimum atomic E-state index is -3.43. The molecule has 13 heteroatoms. The van der Waals surface area contributed by atoms with Crippen LogP contribution in [-0.2, 0) is 27.8 Å². The number of aromatic nitrogens is 4. The number of thiazole rings is 1. The third-order valence-electron chi connectivity index (χ3n) is 4.35. The van der Waals surface area contributed by atoms with Crippen molar-refractivity contribution >= 4 is 50.5 Å². The predicted molar refractivity (Wildman–Crippen MR) is 116 cm³/mol. The second kappa shape index (κ2) is 8.08. The lowest BCUT2D eigenvalue weighted by atomic mass is 10.2. The number of aromatic amines is 1. The van der Waals surface area contributed by atoms with Gasteiger partial charge in [0.2, 0.25) is 0 Å². The molecule has 2 aromatic heterocycles. The van der Waals surface area contributed by atoms with Crippen LogP contribution in [-0.4, -0.2) is 57.1 Å². The van der Waals surface area contributed by atoms with Crippen molar-refractivity contribution in [1.29, 1.82) is 0 Å². The molecule has 0 saturated carbocycles. The van der Waals surface area contributed by atoms with Crippen LogP contribution in [0.3, 0.4) is 0 Å². The van der Waals surface area contributed by atoms with Crippen molar-refractivity contribution in [2.75, 3.05) is 17.6 Å². The summed E-state index contributed by atoms with van der Waals surface area (Å²) in [6.45, 7) is 4.51. The lowest BCUT2D eigenvalue weighted by molar-refractivity contribution is -0.112. The number of H-pyrrole nitrogens is 1. The minimum absolute atomic E-state index is 0.0867. The van der Waals surface area contributed by atoms with Gasteiger partial charge in [0, 0.05) is 24.7 Å². The van der Waals surface area contributed by atoms with Gasteiger partial charge in [0.05, 0.1) is 23.4 Å². The maximum atomic E-state index is 12.6. The number of fused-ring (bicyclic) bond motifs is 1. The highest BCUT2D eigenvalue weighted by atomic mass is 32.2. The Hall–Kier alpha value is -2.90. The number of hydrogen-bond acceptors (Lipinski definition) is 8. The summed E-state index contributed by atoms with van der Waals surface area (Å²) in [5.74, 6) is 0.612. The van der Waals surface area contributed by atoms with E-state index in [1.807, 2.05) is 9.95 Å². The average Bonchev–Trinajstić information content (AvgIpc) is 3.28. The van der Waals surface area contributed by atoms with Crippen LogP contribution in [0.15, 0.2) is 46.4 Å². The van der Waals surface area contributed by atoms with Crippen LogP contribution >= 0.6 is 23.6 Å². The highest BCUT2D eigenvalue weighted by Crippen LogP contribution is 2.21. The summed E-state index contributed by atoms with van der Waals surface area (Å²) in [5, 5.41) is 12.0. The van der Waals surface area contributed by atoms with Gasteiger partial charge in [-0.3, -0.25) is 19.8 Å². The Morgan fingerprint density at radius 1 is 1.43 bits per heavy atom. The summed E-state index contributed by atoms with van der Waals surface area (Å²) in [6.07, 6.45) is 6.83. The third kappa shape index (κ3) is 4.32. The normalized spacial score (nSPS) is 17.1. The molecule has 30 heavy (non-hydrogen) atoms. The second-order valence-corrected chi connectivity index (χ2v) is 9.47. The molecule has 0 spiro atoms. The molecule has 2 aliphatic rings. The molecular weight excluding hydrogens is 446 g/mol. The Morgan fingerprint density at radius 3 is 3.07 bits per heavy atom. The lowest BCUT2D eigenvalue weighted by Gasteiger charge is -2.26. The number of amides is 1. The molecule has 0 bridgehead atoms. The van der Waals surface area contributed by atoms with Gasteiger partial charge < -0.3 is 4.90 Å². The largest absolute Gasteiger partial charge is 0.330 e. The Morgan fingerprint density at radius 2 is 2.27 bits per heavy atom. The fraction of sp³-hybridized carbons (Fsp3) is 0.235. The number of allylic oxidation sites excluding steroid dienone is 1. The van der Waals surface area contributed by atoms with Gasteiger partial charge in [-0.2, -0.15) is 5.10 Å². The lowest BCUT2D eigenvalue weighted by Crippen LogP contribution is -2.37. The number of sulfonamides is 1. The van der Waals surface area contributed by atoms with E-state index in [9.17, 15) is 13.2 Å². The summed E-state index contributed by atoms with van der Waals surface area (Å²) in [4.78, 5) is 18.7. The first-order valence-electron chi connectivity index (χ1n) is 8.84. The smallest absolute Gasteiger partial charge is 0.258 e. The Balaban J connectivity index is 1.44. The number of carbonyl (C=O) groups excluding carboxylic acids is 1. The van der Waals surface area contributed by atoms with Crippen LogP contribution in [0.5, 0.6) is 0 Å². The molecular formula is C17H17N7O3S3. The van der Waals surface area contributed by atoms with Crippen molar-refractivity contribution in [3.05, 3.63) is 58.2 Å². The molecule has 156 valence electrons. The Bertz CT molecular complexity index is 1260. The minimum Gasteiger partial charge on any atom is -0.330 e. The predicted octanol–water partition coefficient (Wildman–Crippen LogP) is 1.61. The van der Waals surface area contributed by atoms with Crippen LogP contribution in [0, 0.1) is 4.77 Å². The first-order valence-corrected chi connectivity index (χ1v) is 11.7. The maximum absolute atomic E-state index is 12.6. The molecule has 0 unspecified atom stereocenters. The van der Waals surface area contributed by atoms with E-state index >= 15 is 0 Å². The van der Waals surface area contributed by atoms with E-state index in [2.05, 4.69) is 31.5 Å². The van der Waals surface area contributed by atoms with Crippen LogP contribution in [0.4, 0.5) is 5.13 Å². The van der Waals surface area contributed by atoms with Gasteiger partial charge in [0.15, 0.2) is 9.90 Å². The molecule has 0 fully saturated rings. The Labute approximate surface area is 181 Å². The molecule has 4 heterocycles. The van der Waals surface area contributed by atoms with Gasteiger partial charge in [0.25, 0.3) is 15.9 Å². The highest BCUT2D eigenvalue weighted by Gasteiger charge is 2.25. The van der Waals surface area contributed by atoms with Crippen LogP contribution in [0.2, 0.25) is 0 Å². The number of hydrogen-bond donors (Lipinski definition) is 2. The van der Waals surface area contributed by atoms with E-state index < -0.39 is 10.0 Å². The monoisotopic (exact) mass is 463 g/mol. The SMILES string of the molecule is C=CCn1c(Cc2csc(NC(=O)C3=CN4CCS(=O)(=O)N=C4C=C3)n2)n[nH]c1=S. The standard InChI is InChI=1S/C17H17N7O3S3/c1-2-5-24-14(20-21-17(24)28)8-12-10-29-16(18-12)19-15(25)11-3-4-13-22-30(26,27)7-6-23(13)9-11/h2-4,9-10H,1,5-8H2,(H,21,28)(H,18,19,25). The summed E-state index contributed by atoms with van der Waals surface area (Å²) >= 11 is 6.51. The molecule has 0 aromatic carbocycles. The molecule has 0 radical (unpaired) electrons. The molecule has 1 amide bonds. The van der Waals surface area contributed by atoms with E-state index in [0.717, 1.165) is 11.5 Å². The average molecular weight is 464 g/mol. The molecule has 0 saturated heterocycles. The summed E-state index contributed by atoms with van der Waals surface area (Å²) in [7, 11) is -3.43. The fourth-order valence-electron chi connectivity index (χ4n) is 2.91. The summed E-state index contributed by atoms with van der Waals surface area (Å²) in [5.41, 5.74) is 1.13. The van der Waals surface area contributed by atoms with Crippen LogP contribution in [0.1, 0.15) is 11.5 Å². The number of amidine groups is 1. The van der Waals surface area contributed by atoms with Gasteiger partial charge in [-0.05, 0) is 24.4 Å². The topological polar surface area (TPSA) is 125 Å². The molecule has 0 atom stereocenters. The van der Waals surface area contributed by atoms with Crippen molar-refractivity contribution in [3.63, 3.8) is 0 Å². The number of anilines is 1. The van der Waals surface area contributed by atoms with E-state index in [4.69, 9.17) is 12.2 Å². The number of nitrogens with zero attached hydrogens (tertiary/aromatic N) is 5. The fourth-order valence-corrected chi connectivity index (χ4v) is 4.82. The van der Waals surface area contributed by atoms with Crippen molar-refractivity contribution in [3.8, 4) is 0 Å². The van der Waals surface area contributed by atoms with Gasteiger partial charge in [0.1, 0.15) is 11.7 Å². The molecule has 2 aromatic rings. The van der Waals surface area contributed by atoms with Gasteiger partial charge in [-0.25, -0.2) is 13.4 Å². The highest BCUT2D eigenvalue weighted by molar-refractivity contribution is 7.90. The van der Waals surface area contributed by atoms with Crippen LogP contribution in [0.25, 0.3) is 0 Å². The quantitative estimate of drug-likeness (QED) is 0.492. The second-order valence-electron chi connectivity index (χ2n) is 6.47. The first-order chi connectivity index (χ1) is 14.3. The first kappa shape index (κ1) is 20.4. The van der Waals surface area contributed by atoms with Crippen molar-refractivity contribution in [2.45, 2.75) is 13.0 Å². The van der Waals surface area contributed by atoms with Gasteiger partial charge in [-0.1, -0.05) is 6.08 Å². The Kier molecular flexibility index (Phi) is 5.49. The maximum Gasteiger partial charge on any atom is 0.258 e. The van der Waals surface area contributed by atoms with Gasteiger partial charge >= 0.3 is 0 Å². The van der Waals surface area contributed by atoms with E-state index in [0.29, 0.717) is 34.3 Å². The van der Waals surface area contributed by atoms with E-state index in [1.165, 1.54) is 23.5 Å². The summed E-state index contributed by atoms with van der Waals surface area (Å²) < 4.78 is 29.2. The summed E-state index contributed by atoms with van der Waals surface area (Å²) in [6, 6.07) is 0. The van der Waals surface area contributed by atoms with Crippen molar-refractivity contribution in [1.82, 2.24) is 24.6 Å². The van der Waals surface area contributed by atoms with Crippen LogP contribution < -0.4 is 5.32 Å². The zero-order valence-electron chi connectivity index (χ0n) is 15.6. The van der Waals surface area contributed by atoms with Crippen molar-refractivity contribution in [2.24, 2.45) is 4.40 Å². The van der Waals surface area contributed by atoms with E-state index in [1.54, 1.807) is 17.2 Å². The molecule has 0 aliphatic carbocycles. The van der Waals surface area contributed by atoms with Gasteiger partial charge in [-0.15, -0.1) is 22.3 Å². The molecule has 2 aliphatic heterocycles. The zero-order valence-corrected chi connectivity index (χ0v) is 18.1. The number of rotatable bonds is 6.